The van der Waals surface area contributed by atoms with Gasteiger partial charge in [0.1, 0.15) is 24.4 Å². The molecule has 7 atom stereocenters. The topological polar surface area (TPSA) is 149 Å². The number of aliphatic hydroxyl groups excluding tert-OH is 5. The van der Waals surface area contributed by atoms with E-state index in [9.17, 15) is 30.3 Å². The largest absolute Gasteiger partial charge is 0.394 e. The molecule has 0 saturated carbocycles. The molecule has 63 heavy (non-hydrogen) atoms. The third kappa shape index (κ3) is 35.1. The van der Waals surface area contributed by atoms with Crippen LogP contribution in [0.2, 0.25) is 0 Å². The third-order valence-electron chi connectivity index (χ3n) is 13.7. The highest BCUT2D eigenvalue weighted by Gasteiger charge is 2.44. The van der Waals surface area contributed by atoms with Gasteiger partial charge in [0.25, 0.3) is 0 Å². The first-order valence-electron chi connectivity index (χ1n) is 27.7. The minimum absolute atomic E-state index is 0.131. The molecule has 1 amide bonds. The quantitative estimate of drug-likeness (QED) is 0.0331. The molecule has 9 heteroatoms. The summed E-state index contributed by atoms with van der Waals surface area (Å²) in [6.45, 7) is 3.88. The van der Waals surface area contributed by atoms with E-state index in [-0.39, 0.29) is 12.5 Å². The highest BCUT2D eigenvalue weighted by Crippen LogP contribution is 2.23. The summed E-state index contributed by atoms with van der Waals surface area (Å²) in [5.41, 5.74) is 0. The van der Waals surface area contributed by atoms with E-state index in [0.717, 1.165) is 38.5 Å². The molecular formula is C54H107NO8. The van der Waals surface area contributed by atoms with Crippen molar-refractivity contribution in [2.45, 2.75) is 326 Å². The predicted octanol–water partition coefficient (Wildman–Crippen LogP) is 13.1. The van der Waals surface area contributed by atoms with Crippen LogP contribution in [-0.4, -0.2) is 87.5 Å². The molecular weight excluding hydrogens is 791 g/mol. The minimum Gasteiger partial charge on any atom is -0.394 e. The van der Waals surface area contributed by atoms with Crippen LogP contribution in [0.5, 0.6) is 0 Å². The van der Waals surface area contributed by atoms with Gasteiger partial charge in [0, 0.05) is 6.42 Å². The second-order valence-corrected chi connectivity index (χ2v) is 19.7. The zero-order valence-corrected chi connectivity index (χ0v) is 41.6. The molecule has 0 aromatic heterocycles. The fourth-order valence-corrected chi connectivity index (χ4v) is 9.28. The predicted molar refractivity (Wildman–Crippen MR) is 263 cm³/mol. The van der Waals surface area contributed by atoms with Crippen LogP contribution in [-0.2, 0) is 14.3 Å². The van der Waals surface area contributed by atoms with Crippen LogP contribution in [0.1, 0.15) is 284 Å². The summed E-state index contributed by atoms with van der Waals surface area (Å²) in [5.74, 6) is -0.137. The van der Waals surface area contributed by atoms with Crippen molar-refractivity contribution >= 4 is 5.91 Å². The van der Waals surface area contributed by atoms with Gasteiger partial charge >= 0.3 is 0 Å². The van der Waals surface area contributed by atoms with Crippen molar-refractivity contribution in [3.8, 4) is 0 Å². The molecule has 1 aliphatic rings. The standard InChI is InChI=1S/C54H107NO8/c1-3-5-7-9-11-13-15-17-19-21-22-23-24-25-26-28-30-32-34-36-38-40-42-44-50(58)55-47(46-62-54-53(61)52(60)51(59)49(45-56)63-54)48(57)43-41-39-37-35-33-31-29-27-20-18-16-14-12-10-8-6-4-2/h47-49,51-54,56-57,59-61H,3-46H2,1-2H3,(H,55,58)/t47-,48+,49+,51-,52?,53?,54+/m0/s1. The number of carbonyl (C=O) groups excluding carboxylic acids is 1. The molecule has 0 aliphatic carbocycles. The Balaban J connectivity index is 2.20. The van der Waals surface area contributed by atoms with Crippen LogP contribution in [0.4, 0.5) is 0 Å². The Labute approximate surface area is 389 Å². The number of nitrogens with one attached hydrogen (secondary N) is 1. The summed E-state index contributed by atoms with van der Waals surface area (Å²) >= 11 is 0. The van der Waals surface area contributed by atoms with E-state index in [1.165, 1.54) is 218 Å². The Bertz CT molecular complexity index is 955. The van der Waals surface area contributed by atoms with E-state index in [1.807, 2.05) is 0 Å². The summed E-state index contributed by atoms with van der Waals surface area (Å²) in [7, 11) is 0. The molecule has 0 bridgehead atoms. The molecule has 0 radical (unpaired) electrons. The van der Waals surface area contributed by atoms with Gasteiger partial charge in [-0.15, -0.1) is 0 Å². The Kier molecular flexibility index (Phi) is 43.0. The number of hydrogen-bond acceptors (Lipinski definition) is 8. The second kappa shape index (κ2) is 45.0. The molecule has 1 aliphatic heterocycles. The van der Waals surface area contributed by atoms with Gasteiger partial charge in [-0.1, -0.05) is 264 Å². The zero-order chi connectivity index (χ0) is 45.9. The summed E-state index contributed by atoms with van der Waals surface area (Å²) < 4.78 is 11.3. The number of aliphatic hydroxyl groups is 5. The smallest absolute Gasteiger partial charge is 0.220 e. The average Bonchev–Trinajstić information content (AvgIpc) is 3.28. The summed E-state index contributed by atoms with van der Waals surface area (Å²) in [6, 6.07) is -0.713. The van der Waals surface area contributed by atoms with Crippen LogP contribution in [0.25, 0.3) is 0 Å². The number of amides is 1. The van der Waals surface area contributed by atoms with E-state index in [1.54, 1.807) is 0 Å². The first kappa shape index (κ1) is 60.2. The maximum Gasteiger partial charge on any atom is 0.220 e. The van der Waals surface area contributed by atoms with Crippen LogP contribution in [0.15, 0.2) is 0 Å². The monoisotopic (exact) mass is 898 g/mol. The lowest BCUT2D eigenvalue weighted by atomic mass is 9.99. The first-order chi connectivity index (χ1) is 30.8. The van der Waals surface area contributed by atoms with Gasteiger partial charge in [0.2, 0.25) is 5.91 Å². The fourth-order valence-electron chi connectivity index (χ4n) is 9.28. The van der Waals surface area contributed by atoms with Gasteiger partial charge in [-0.25, -0.2) is 0 Å². The lowest BCUT2D eigenvalue weighted by Crippen LogP contribution is -2.60. The van der Waals surface area contributed by atoms with E-state index in [4.69, 9.17) is 9.47 Å². The highest BCUT2D eigenvalue weighted by atomic mass is 16.7. The Morgan fingerprint density at radius 1 is 0.476 bits per heavy atom. The van der Waals surface area contributed by atoms with Crippen LogP contribution in [0.3, 0.4) is 0 Å². The van der Waals surface area contributed by atoms with E-state index in [2.05, 4.69) is 19.2 Å². The van der Waals surface area contributed by atoms with Gasteiger partial charge in [0.05, 0.1) is 25.4 Å². The molecule has 6 N–H and O–H groups in total. The molecule has 0 spiro atoms. The maximum atomic E-state index is 13.1. The number of ether oxygens (including phenoxy) is 2. The van der Waals surface area contributed by atoms with E-state index < -0.39 is 49.5 Å². The minimum atomic E-state index is -1.55. The van der Waals surface area contributed by atoms with E-state index >= 15 is 0 Å². The zero-order valence-electron chi connectivity index (χ0n) is 41.6. The first-order valence-corrected chi connectivity index (χ1v) is 27.7. The van der Waals surface area contributed by atoms with Gasteiger partial charge in [-0.3, -0.25) is 4.79 Å². The number of carbonyl (C=O) groups is 1. The number of hydrogen-bond donors (Lipinski definition) is 6. The van der Waals surface area contributed by atoms with Crippen molar-refractivity contribution in [2.24, 2.45) is 0 Å². The second-order valence-electron chi connectivity index (χ2n) is 19.7. The molecule has 1 heterocycles. The van der Waals surface area contributed by atoms with Crippen molar-refractivity contribution in [3.05, 3.63) is 0 Å². The molecule has 2 unspecified atom stereocenters. The normalized spacial score (nSPS) is 20.0. The molecule has 9 nitrogen and oxygen atoms in total. The van der Waals surface area contributed by atoms with E-state index in [0.29, 0.717) is 12.8 Å². The van der Waals surface area contributed by atoms with Crippen LogP contribution < -0.4 is 5.32 Å². The van der Waals surface area contributed by atoms with Gasteiger partial charge < -0.3 is 40.3 Å². The summed E-state index contributed by atoms with van der Waals surface area (Å²) in [4.78, 5) is 13.1. The Morgan fingerprint density at radius 3 is 1.13 bits per heavy atom. The van der Waals surface area contributed by atoms with Crippen LogP contribution in [0, 0.1) is 0 Å². The van der Waals surface area contributed by atoms with Crippen LogP contribution >= 0.6 is 0 Å². The fraction of sp³-hybridized carbons (Fsp3) is 0.981. The summed E-state index contributed by atoms with van der Waals surface area (Å²) in [6.07, 6.45) is 45.5. The SMILES string of the molecule is CCCCCCCCCCCCCCCCCCCCCCCCCC(=O)N[C@@H](CO[C@@H]1O[C@H](CO)[C@H](O)C(O)C1O)[C@H](O)CCCCCCCCCCCCCCCCCCC. The molecule has 1 saturated heterocycles. The number of unbranched alkanes of at least 4 members (excludes halogenated alkanes) is 38. The summed E-state index contributed by atoms with van der Waals surface area (Å²) in [5, 5.41) is 54.6. The molecule has 0 aromatic carbocycles. The highest BCUT2D eigenvalue weighted by molar-refractivity contribution is 5.76. The van der Waals surface area contributed by atoms with Crippen molar-refractivity contribution in [1.29, 1.82) is 0 Å². The van der Waals surface area contributed by atoms with Gasteiger partial charge in [0.15, 0.2) is 6.29 Å². The van der Waals surface area contributed by atoms with Crippen molar-refractivity contribution in [1.82, 2.24) is 5.32 Å². The van der Waals surface area contributed by atoms with Gasteiger partial charge in [-0.2, -0.15) is 0 Å². The van der Waals surface area contributed by atoms with Crippen molar-refractivity contribution in [3.63, 3.8) is 0 Å². The van der Waals surface area contributed by atoms with Crippen molar-refractivity contribution in [2.75, 3.05) is 13.2 Å². The number of rotatable bonds is 48. The molecule has 376 valence electrons. The Hall–Kier alpha value is -0.810. The lowest BCUT2D eigenvalue weighted by Gasteiger charge is -2.40. The molecule has 1 rings (SSSR count). The molecule has 1 fully saturated rings. The maximum absolute atomic E-state index is 13.1. The average molecular weight is 898 g/mol. The molecule has 0 aromatic rings. The van der Waals surface area contributed by atoms with Crippen molar-refractivity contribution < 1.29 is 39.8 Å². The Morgan fingerprint density at radius 2 is 0.794 bits per heavy atom. The van der Waals surface area contributed by atoms with Gasteiger partial charge in [-0.05, 0) is 12.8 Å². The lowest BCUT2D eigenvalue weighted by molar-refractivity contribution is -0.302. The third-order valence-corrected chi connectivity index (χ3v) is 13.7.